The number of allylic oxidation sites excluding steroid dienone is 1. The number of carbonyl (C=O) groups excluding carboxylic acids is 1. The minimum Gasteiger partial charge on any atom is -0.504 e. The van der Waals surface area contributed by atoms with E-state index in [1.807, 2.05) is 0 Å². The molecule has 0 bridgehead atoms. The van der Waals surface area contributed by atoms with Crippen LogP contribution in [0.2, 0.25) is 0 Å². The Morgan fingerprint density at radius 3 is 2.88 bits per heavy atom. The van der Waals surface area contributed by atoms with E-state index in [1.165, 1.54) is 19.4 Å². The maximum Gasteiger partial charge on any atom is 0.169 e. The van der Waals surface area contributed by atoms with Crippen molar-refractivity contribution in [3.05, 3.63) is 12.3 Å². The van der Waals surface area contributed by atoms with Crippen molar-refractivity contribution in [3.63, 3.8) is 0 Å². The fourth-order valence-electron chi connectivity index (χ4n) is 0.188. The van der Waals surface area contributed by atoms with Gasteiger partial charge in [-0.2, -0.15) is 0 Å². The van der Waals surface area contributed by atoms with Crippen LogP contribution >= 0.6 is 15.9 Å². The summed E-state index contributed by atoms with van der Waals surface area (Å²) >= 11 is 2.99. The molecule has 8 heavy (non-hydrogen) atoms. The van der Waals surface area contributed by atoms with Gasteiger partial charge in [0.1, 0.15) is 0 Å². The SMILES string of the molecule is CO/C=C/C(=O)CBr. The van der Waals surface area contributed by atoms with Gasteiger partial charge in [-0.15, -0.1) is 0 Å². The zero-order chi connectivity index (χ0) is 6.41. The van der Waals surface area contributed by atoms with Crippen molar-refractivity contribution < 1.29 is 9.53 Å². The third kappa shape index (κ3) is 3.87. The summed E-state index contributed by atoms with van der Waals surface area (Å²) < 4.78 is 4.49. The standard InChI is InChI=1S/C5H7BrO2/c1-8-3-2-5(7)4-6/h2-3H,4H2,1H3/b3-2+. The summed E-state index contributed by atoms with van der Waals surface area (Å²) in [7, 11) is 1.50. The lowest BCUT2D eigenvalue weighted by atomic mass is 10.4. The van der Waals surface area contributed by atoms with Crippen LogP contribution in [0.4, 0.5) is 0 Å². The molecule has 0 N–H and O–H groups in total. The van der Waals surface area contributed by atoms with Gasteiger partial charge in [-0.3, -0.25) is 4.79 Å². The van der Waals surface area contributed by atoms with E-state index in [2.05, 4.69) is 20.7 Å². The van der Waals surface area contributed by atoms with Gasteiger partial charge < -0.3 is 4.74 Å². The second-order valence-electron chi connectivity index (χ2n) is 1.14. The molecular weight excluding hydrogens is 172 g/mol. The van der Waals surface area contributed by atoms with Gasteiger partial charge in [0.15, 0.2) is 5.78 Å². The highest BCUT2D eigenvalue weighted by Gasteiger charge is 1.87. The molecule has 2 nitrogen and oxygen atoms in total. The van der Waals surface area contributed by atoms with Crippen molar-refractivity contribution in [2.24, 2.45) is 0 Å². The largest absolute Gasteiger partial charge is 0.504 e. The number of halogens is 1. The topological polar surface area (TPSA) is 26.3 Å². The van der Waals surface area contributed by atoms with Crippen molar-refractivity contribution in [1.29, 1.82) is 0 Å². The van der Waals surface area contributed by atoms with Crippen LogP contribution in [0.15, 0.2) is 12.3 Å². The zero-order valence-corrected chi connectivity index (χ0v) is 6.14. The molecule has 0 fully saturated rings. The predicted molar refractivity (Wildman–Crippen MR) is 35.0 cm³/mol. The molecule has 0 aliphatic carbocycles. The molecule has 0 saturated heterocycles. The molecule has 46 valence electrons. The molecule has 0 spiro atoms. The van der Waals surface area contributed by atoms with E-state index in [9.17, 15) is 4.79 Å². The lowest BCUT2D eigenvalue weighted by molar-refractivity contribution is -0.112. The highest BCUT2D eigenvalue weighted by Crippen LogP contribution is 1.83. The summed E-state index contributed by atoms with van der Waals surface area (Å²) in [6, 6.07) is 0. The summed E-state index contributed by atoms with van der Waals surface area (Å²) in [5, 5.41) is 0.354. The van der Waals surface area contributed by atoms with E-state index in [0.717, 1.165) is 0 Å². The number of hydrogen-bond donors (Lipinski definition) is 0. The van der Waals surface area contributed by atoms with Crippen LogP contribution in [0.25, 0.3) is 0 Å². The van der Waals surface area contributed by atoms with Gasteiger partial charge in [-0.05, 0) is 0 Å². The Labute approximate surface area is 56.7 Å². The van der Waals surface area contributed by atoms with Crippen molar-refractivity contribution in [3.8, 4) is 0 Å². The van der Waals surface area contributed by atoms with E-state index < -0.39 is 0 Å². The maximum atomic E-state index is 10.4. The summed E-state index contributed by atoms with van der Waals surface area (Å²) in [4.78, 5) is 10.4. The van der Waals surface area contributed by atoms with E-state index >= 15 is 0 Å². The Kier molecular flexibility index (Phi) is 4.65. The molecule has 0 saturated carbocycles. The number of alkyl halides is 1. The van der Waals surface area contributed by atoms with E-state index in [-0.39, 0.29) is 5.78 Å². The summed E-state index contributed by atoms with van der Waals surface area (Å²) in [5.74, 6) is 0.00634. The van der Waals surface area contributed by atoms with Gasteiger partial charge in [-0.1, -0.05) is 15.9 Å². The zero-order valence-electron chi connectivity index (χ0n) is 4.56. The Bertz CT molecular complexity index is 98.6. The number of rotatable bonds is 3. The summed E-state index contributed by atoms with van der Waals surface area (Å²) in [6.45, 7) is 0. The number of ketones is 1. The fourth-order valence-corrected chi connectivity index (χ4v) is 0.375. The Balaban J connectivity index is 3.37. The predicted octanol–water partition coefficient (Wildman–Crippen LogP) is 1.11. The second kappa shape index (κ2) is 4.84. The molecule has 0 aromatic rings. The Hall–Kier alpha value is -0.310. The first-order valence-corrected chi connectivity index (χ1v) is 3.21. The fraction of sp³-hybridized carbons (Fsp3) is 0.400. The van der Waals surface area contributed by atoms with Crippen LogP contribution in [-0.2, 0) is 9.53 Å². The molecule has 0 amide bonds. The van der Waals surface area contributed by atoms with Crippen LogP contribution in [-0.4, -0.2) is 18.2 Å². The first kappa shape index (κ1) is 7.69. The highest BCUT2D eigenvalue weighted by molar-refractivity contribution is 9.09. The average molecular weight is 179 g/mol. The molecule has 0 radical (unpaired) electrons. The maximum absolute atomic E-state index is 10.4. The average Bonchev–Trinajstić information content (AvgIpc) is 1.83. The minimum absolute atomic E-state index is 0.00634. The number of carbonyl (C=O) groups is 1. The Morgan fingerprint density at radius 1 is 1.88 bits per heavy atom. The lowest BCUT2D eigenvalue weighted by Crippen LogP contribution is -1.91. The van der Waals surface area contributed by atoms with Crippen molar-refractivity contribution in [2.75, 3.05) is 12.4 Å². The van der Waals surface area contributed by atoms with Crippen LogP contribution < -0.4 is 0 Å². The summed E-state index contributed by atoms with van der Waals surface area (Å²) in [6.07, 6.45) is 2.72. The lowest BCUT2D eigenvalue weighted by Gasteiger charge is -1.83. The normalized spacial score (nSPS) is 9.75. The number of ether oxygens (including phenoxy) is 1. The van der Waals surface area contributed by atoms with Gasteiger partial charge in [0.2, 0.25) is 0 Å². The van der Waals surface area contributed by atoms with Gasteiger partial charge in [0.05, 0.1) is 18.7 Å². The first-order chi connectivity index (χ1) is 3.81. The molecule has 3 heteroatoms. The molecule has 0 atom stereocenters. The molecular formula is C5H7BrO2. The number of hydrogen-bond acceptors (Lipinski definition) is 2. The molecule has 0 rings (SSSR count). The van der Waals surface area contributed by atoms with Crippen molar-refractivity contribution >= 4 is 21.7 Å². The smallest absolute Gasteiger partial charge is 0.169 e. The Morgan fingerprint density at radius 2 is 2.50 bits per heavy atom. The van der Waals surface area contributed by atoms with Crippen LogP contribution in [0.1, 0.15) is 0 Å². The quantitative estimate of drug-likeness (QED) is 0.368. The van der Waals surface area contributed by atoms with E-state index in [1.54, 1.807) is 0 Å². The van der Waals surface area contributed by atoms with Crippen LogP contribution in [0, 0.1) is 0 Å². The van der Waals surface area contributed by atoms with Crippen LogP contribution in [0.5, 0.6) is 0 Å². The molecule has 0 unspecified atom stereocenters. The monoisotopic (exact) mass is 178 g/mol. The van der Waals surface area contributed by atoms with Gasteiger partial charge in [0, 0.05) is 6.08 Å². The number of methoxy groups -OCH3 is 1. The van der Waals surface area contributed by atoms with E-state index in [4.69, 9.17) is 0 Å². The van der Waals surface area contributed by atoms with Crippen molar-refractivity contribution in [2.45, 2.75) is 0 Å². The molecule has 0 heterocycles. The second-order valence-corrected chi connectivity index (χ2v) is 1.70. The first-order valence-electron chi connectivity index (χ1n) is 2.09. The van der Waals surface area contributed by atoms with Gasteiger partial charge in [0.25, 0.3) is 0 Å². The van der Waals surface area contributed by atoms with E-state index in [0.29, 0.717) is 5.33 Å². The molecule has 0 aromatic heterocycles. The van der Waals surface area contributed by atoms with Crippen LogP contribution in [0.3, 0.4) is 0 Å². The van der Waals surface area contributed by atoms with Gasteiger partial charge in [-0.25, -0.2) is 0 Å². The third-order valence-corrected chi connectivity index (χ3v) is 1.07. The third-order valence-electron chi connectivity index (χ3n) is 0.522. The molecule has 0 aliphatic heterocycles. The van der Waals surface area contributed by atoms with Gasteiger partial charge >= 0.3 is 0 Å². The molecule has 0 aromatic carbocycles. The minimum atomic E-state index is 0.00634. The van der Waals surface area contributed by atoms with Crippen molar-refractivity contribution in [1.82, 2.24) is 0 Å². The summed E-state index contributed by atoms with van der Waals surface area (Å²) in [5.41, 5.74) is 0. The molecule has 0 aliphatic rings. The highest BCUT2D eigenvalue weighted by atomic mass is 79.9.